The van der Waals surface area contributed by atoms with Gasteiger partial charge in [-0.25, -0.2) is 0 Å². The van der Waals surface area contributed by atoms with E-state index in [1.54, 1.807) is 0 Å². The van der Waals surface area contributed by atoms with Gasteiger partial charge in [0.2, 0.25) is 0 Å². The highest BCUT2D eigenvalue weighted by Crippen LogP contribution is 2.30. The van der Waals surface area contributed by atoms with Crippen LogP contribution < -0.4 is 0 Å². The van der Waals surface area contributed by atoms with Gasteiger partial charge in [-0.15, -0.1) is 0 Å². The zero-order chi connectivity index (χ0) is 13.4. The minimum Gasteiger partial charge on any atom is -0.313 e. The Kier molecular flexibility index (Phi) is 2.75. The lowest BCUT2D eigenvalue weighted by molar-refractivity contribution is 1.03. The smallest absolute Gasteiger partial charge is 0.0537 e. The summed E-state index contributed by atoms with van der Waals surface area (Å²) in [6, 6.07) is 17.0. The Bertz CT molecular complexity index is 762. The zero-order valence-electron chi connectivity index (χ0n) is 11.4. The van der Waals surface area contributed by atoms with Crippen LogP contribution in [-0.4, -0.2) is 4.57 Å². The molecule has 1 heteroatoms. The van der Waals surface area contributed by atoms with E-state index in [2.05, 4.69) is 73.5 Å². The number of hydrogen-bond acceptors (Lipinski definition) is 0. The molecule has 0 aliphatic carbocycles. The molecule has 1 heterocycles. The largest absolute Gasteiger partial charge is 0.313 e. The van der Waals surface area contributed by atoms with Gasteiger partial charge in [0.15, 0.2) is 0 Å². The summed E-state index contributed by atoms with van der Waals surface area (Å²) in [7, 11) is 0. The minimum atomic E-state index is 1.22. The SMILES string of the molecule is C=Cc1c(C)n(-c2ccccc2C)c2ccccc12. The molecule has 0 spiro atoms. The second-order valence-electron chi connectivity index (χ2n) is 4.84. The maximum Gasteiger partial charge on any atom is 0.0537 e. The van der Waals surface area contributed by atoms with Crippen LogP contribution in [0.25, 0.3) is 22.7 Å². The molecule has 19 heavy (non-hydrogen) atoms. The summed E-state index contributed by atoms with van der Waals surface area (Å²) in [5, 5.41) is 1.26. The molecule has 0 aliphatic rings. The minimum absolute atomic E-state index is 1.22. The molecule has 94 valence electrons. The molecule has 0 bridgehead atoms. The zero-order valence-corrected chi connectivity index (χ0v) is 11.4. The summed E-state index contributed by atoms with van der Waals surface area (Å²) in [6.45, 7) is 8.26. The highest BCUT2D eigenvalue weighted by molar-refractivity contribution is 5.92. The number of rotatable bonds is 2. The molecule has 0 amide bonds. The van der Waals surface area contributed by atoms with Gasteiger partial charge in [0.25, 0.3) is 0 Å². The van der Waals surface area contributed by atoms with Gasteiger partial charge in [-0.3, -0.25) is 0 Å². The molecule has 2 aromatic carbocycles. The van der Waals surface area contributed by atoms with Gasteiger partial charge in [-0.05, 0) is 31.5 Å². The lowest BCUT2D eigenvalue weighted by atomic mass is 10.1. The normalized spacial score (nSPS) is 10.8. The Morgan fingerprint density at radius 1 is 0.947 bits per heavy atom. The summed E-state index contributed by atoms with van der Waals surface area (Å²) in [6.07, 6.45) is 1.95. The molecule has 1 aromatic heterocycles. The van der Waals surface area contributed by atoms with E-state index >= 15 is 0 Å². The van der Waals surface area contributed by atoms with Crippen molar-refractivity contribution in [3.63, 3.8) is 0 Å². The molecule has 0 saturated heterocycles. The second kappa shape index (κ2) is 4.43. The Labute approximate surface area is 113 Å². The van der Waals surface area contributed by atoms with Crippen LogP contribution >= 0.6 is 0 Å². The monoisotopic (exact) mass is 247 g/mol. The van der Waals surface area contributed by atoms with Gasteiger partial charge in [0.05, 0.1) is 5.52 Å². The summed E-state index contributed by atoms with van der Waals surface area (Å²) in [5.41, 5.74) is 6.22. The van der Waals surface area contributed by atoms with Gasteiger partial charge < -0.3 is 4.57 Å². The second-order valence-corrected chi connectivity index (χ2v) is 4.84. The predicted octanol–water partition coefficient (Wildman–Crippen LogP) is 4.89. The lowest BCUT2D eigenvalue weighted by Gasteiger charge is -2.11. The van der Waals surface area contributed by atoms with Crippen molar-refractivity contribution in [3.05, 3.63) is 71.9 Å². The summed E-state index contributed by atoms with van der Waals surface area (Å²) >= 11 is 0. The van der Waals surface area contributed by atoms with Gasteiger partial charge in [-0.1, -0.05) is 49.1 Å². The molecule has 0 fully saturated rings. The van der Waals surface area contributed by atoms with Crippen LogP contribution in [0.2, 0.25) is 0 Å². The average molecular weight is 247 g/mol. The highest BCUT2D eigenvalue weighted by Gasteiger charge is 2.13. The van der Waals surface area contributed by atoms with Crippen molar-refractivity contribution in [1.29, 1.82) is 0 Å². The third-order valence-electron chi connectivity index (χ3n) is 3.72. The van der Waals surface area contributed by atoms with Crippen LogP contribution in [0.3, 0.4) is 0 Å². The van der Waals surface area contributed by atoms with Crippen molar-refractivity contribution in [2.75, 3.05) is 0 Å². The summed E-state index contributed by atoms with van der Waals surface area (Å²) in [4.78, 5) is 0. The first-order valence-corrected chi connectivity index (χ1v) is 6.52. The fourth-order valence-electron chi connectivity index (χ4n) is 2.77. The number of fused-ring (bicyclic) bond motifs is 1. The van der Waals surface area contributed by atoms with Gasteiger partial charge in [0.1, 0.15) is 0 Å². The van der Waals surface area contributed by atoms with Crippen molar-refractivity contribution in [2.24, 2.45) is 0 Å². The number of nitrogens with zero attached hydrogens (tertiary/aromatic N) is 1. The number of aryl methyl sites for hydroxylation is 1. The van der Waals surface area contributed by atoms with Crippen LogP contribution in [0.15, 0.2) is 55.1 Å². The van der Waals surface area contributed by atoms with Crippen LogP contribution in [0, 0.1) is 13.8 Å². The first-order chi connectivity index (χ1) is 9.24. The van der Waals surface area contributed by atoms with E-state index < -0.39 is 0 Å². The quantitative estimate of drug-likeness (QED) is 0.607. The molecule has 0 saturated carbocycles. The van der Waals surface area contributed by atoms with E-state index in [0.29, 0.717) is 0 Å². The van der Waals surface area contributed by atoms with Gasteiger partial charge in [0, 0.05) is 22.3 Å². The Morgan fingerprint density at radius 2 is 1.63 bits per heavy atom. The first kappa shape index (κ1) is 11.8. The van der Waals surface area contributed by atoms with E-state index in [1.807, 2.05) is 6.08 Å². The van der Waals surface area contributed by atoms with Crippen molar-refractivity contribution < 1.29 is 0 Å². The maximum atomic E-state index is 3.96. The molecular formula is C18H17N. The molecular weight excluding hydrogens is 230 g/mol. The predicted molar refractivity (Wildman–Crippen MR) is 82.8 cm³/mol. The van der Waals surface area contributed by atoms with Crippen LogP contribution in [0.1, 0.15) is 16.8 Å². The van der Waals surface area contributed by atoms with Crippen LogP contribution in [0.5, 0.6) is 0 Å². The molecule has 3 rings (SSSR count). The lowest BCUT2D eigenvalue weighted by Crippen LogP contribution is -1.98. The summed E-state index contributed by atoms with van der Waals surface area (Å²) in [5.74, 6) is 0. The Balaban J connectivity index is 2.45. The molecule has 0 unspecified atom stereocenters. The van der Waals surface area contributed by atoms with E-state index in [4.69, 9.17) is 0 Å². The third kappa shape index (κ3) is 1.70. The molecule has 0 atom stereocenters. The van der Waals surface area contributed by atoms with Crippen molar-refractivity contribution >= 4 is 17.0 Å². The first-order valence-electron chi connectivity index (χ1n) is 6.52. The molecule has 3 aromatic rings. The molecule has 0 aliphatic heterocycles. The number of aromatic nitrogens is 1. The Hall–Kier alpha value is -2.28. The topological polar surface area (TPSA) is 4.93 Å². The van der Waals surface area contributed by atoms with E-state index in [0.717, 1.165) is 0 Å². The standard InChI is InChI=1S/C18H17N/c1-4-15-14(3)19(17-11-7-5-9-13(17)2)18-12-8-6-10-16(15)18/h4-12H,1H2,2-3H3. The number of benzene rings is 2. The fraction of sp³-hybridized carbons (Fsp3) is 0.111. The van der Waals surface area contributed by atoms with E-state index in [1.165, 1.54) is 33.4 Å². The van der Waals surface area contributed by atoms with Crippen molar-refractivity contribution in [1.82, 2.24) is 4.57 Å². The van der Waals surface area contributed by atoms with Crippen LogP contribution in [-0.2, 0) is 0 Å². The maximum absolute atomic E-state index is 3.96. The van der Waals surface area contributed by atoms with Gasteiger partial charge >= 0.3 is 0 Å². The van der Waals surface area contributed by atoms with Crippen LogP contribution in [0.4, 0.5) is 0 Å². The van der Waals surface area contributed by atoms with E-state index in [-0.39, 0.29) is 0 Å². The van der Waals surface area contributed by atoms with Crippen molar-refractivity contribution in [3.8, 4) is 5.69 Å². The fourth-order valence-corrected chi connectivity index (χ4v) is 2.77. The number of para-hydroxylation sites is 2. The Morgan fingerprint density at radius 3 is 2.37 bits per heavy atom. The average Bonchev–Trinajstić information content (AvgIpc) is 2.71. The van der Waals surface area contributed by atoms with Crippen molar-refractivity contribution in [2.45, 2.75) is 13.8 Å². The molecule has 0 N–H and O–H groups in total. The summed E-state index contributed by atoms with van der Waals surface area (Å²) < 4.78 is 2.32. The number of hydrogen-bond donors (Lipinski definition) is 0. The van der Waals surface area contributed by atoms with E-state index in [9.17, 15) is 0 Å². The third-order valence-corrected chi connectivity index (χ3v) is 3.72. The van der Waals surface area contributed by atoms with Gasteiger partial charge in [-0.2, -0.15) is 0 Å². The molecule has 0 radical (unpaired) electrons. The highest BCUT2D eigenvalue weighted by atomic mass is 15.0. The molecule has 1 nitrogen and oxygen atoms in total.